The number of nitrogens with one attached hydrogen (secondary N) is 1. The minimum Gasteiger partial charge on any atom is -0.490 e. The van der Waals surface area contributed by atoms with E-state index in [4.69, 9.17) is 18.9 Å². The summed E-state index contributed by atoms with van der Waals surface area (Å²) < 4.78 is 24.7. The number of carbonyl (C=O) groups is 1. The van der Waals surface area contributed by atoms with Crippen LogP contribution in [-0.4, -0.2) is 42.0 Å². The van der Waals surface area contributed by atoms with E-state index < -0.39 is 11.8 Å². The van der Waals surface area contributed by atoms with Crippen molar-refractivity contribution in [2.24, 2.45) is 0 Å². The van der Waals surface area contributed by atoms with Crippen LogP contribution in [0.2, 0.25) is 0 Å². The number of benzene rings is 2. The van der Waals surface area contributed by atoms with Gasteiger partial charge in [-0.2, -0.15) is 0 Å². The predicted molar refractivity (Wildman–Crippen MR) is 147 cm³/mol. The van der Waals surface area contributed by atoms with Crippen LogP contribution in [-0.2, 0) is 6.42 Å². The Morgan fingerprint density at radius 2 is 1.97 bits per heavy atom. The predicted octanol–water partition coefficient (Wildman–Crippen LogP) is 5.85. The van der Waals surface area contributed by atoms with E-state index in [-0.39, 0.29) is 5.24 Å². The molecule has 0 radical (unpaired) electrons. The van der Waals surface area contributed by atoms with Gasteiger partial charge in [0.05, 0.1) is 6.61 Å². The normalized spacial score (nSPS) is 21.7. The number of fused-ring (bicyclic) bond motifs is 1. The summed E-state index contributed by atoms with van der Waals surface area (Å²) in [4.78, 5) is 12.1. The van der Waals surface area contributed by atoms with Crippen molar-refractivity contribution < 1.29 is 28.8 Å². The summed E-state index contributed by atoms with van der Waals surface area (Å²) in [7, 11) is 0. The van der Waals surface area contributed by atoms with Crippen LogP contribution in [0.3, 0.4) is 0 Å². The van der Waals surface area contributed by atoms with E-state index in [9.17, 15) is 9.90 Å². The van der Waals surface area contributed by atoms with Crippen LogP contribution in [0.4, 0.5) is 4.79 Å². The fraction of sp³-hybridized carbons (Fsp3) is 0.414. The molecule has 1 saturated heterocycles. The van der Waals surface area contributed by atoms with E-state index in [1.807, 2.05) is 25.1 Å². The van der Waals surface area contributed by atoms with Gasteiger partial charge in [-0.25, -0.2) is 0 Å². The van der Waals surface area contributed by atoms with Crippen molar-refractivity contribution in [1.29, 1.82) is 0 Å². The Bertz CT molecular complexity index is 1240. The van der Waals surface area contributed by atoms with E-state index in [0.717, 1.165) is 58.4 Å². The second kappa shape index (κ2) is 11.1. The molecular weight excluding hydrogens is 490 g/mol. The Hall–Kier alpha value is -3.10. The highest BCUT2D eigenvalue weighted by atomic mass is 32.2. The molecule has 2 heterocycles. The van der Waals surface area contributed by atoms with Gasteiger partial charge in [0.25, 0.3) is 5.24 Å². The molecule has 7 nitrogen and oxygen atoms in total. The lowest BCUT2D eigenvalue weighted by Gasteiger charge is -2.38. The Kier molecular flexibility index (Phi) is 8.09. The van der Waals surface area contributed by atoms with Gasteiger partial charge >= 0.3 is 0 Å². The molecule has 2 atom stereocenters. The summed E-state index contributed by atoms with van der Waals surface area (Å²) in [6, 6.07) is 5.58. The first kappa shape index (κ1) is 26.9. The molecule has 8 heteroatoms. The van der Waals surface area contributed by atoms with Crippen molar-refractivity contribution in [2.75, 3.05) is 19.8 Å². The summed E-state index contributed by atoms with van der Waals surface area (Å²) in [5, 5.41) is 12.2. The van der Waals surface area contributed by atoms with E-state index in [0.29, 0.717) is 36.2 Å². The summed E-state index contributed by atoms with van der Waals surface area (Å²) in [5.41, 5.74) is 4.76. The Morgan fingerprint density at radius 1 is 1.19 bits per heavy atom. The number of aliphatic hydroxyl groups excluding tert-OH is 1. The second-order valence-electron chi connectivity index (χ2n) is 9.57. The Balaban J connectivity index is 1.53. The first-order valence-electron chi connectivity index (χ1n) is 12.5. The summed E-state index contributed by atoms with van der Waals surface area (Å²) in [6.07, 6.45) is 4.20. The zero-order chi connectivity index (χ0) is 26.7. The van der Waals surface area contributed by atoms with Crippen LogP contribution in [0.1, 0.15) is 48.1 Å². The smallest absolute Gasteiger partial charge is 0.285 e. The molecule has 2 aromatic carbocycles. The average molecular weight is 526 g/mol. The van der Waals surface area contributed by atoms with Crippen LogP contribution in [0, 0.1) is 20.8 Å². The zero-order valence-corrected chi connectivity index (χ0v) is 22.9. The van der Waals surface area contributed by atoms with Gasteiger partial charge in [0.1, 0.15) is 30.3 Å². The summed E-state index contributed by atoms with van der Waals surface area (Å²) in [5.74, 6) is 3.05. The monoisotopic (exact) mass is 525 g/mol. The third-order valence-corrected chi connectivity index (χ3v) is 7.63. The standard InChI is InChI=1S/C29H35NO6S/c1-7-13-34-25-17(3)18(4)26-21(19(25)5)11-12-29(6,36-26)16-35-22-10-9-20(14-23(22)33-8-2)15-24-27(31)30-28(32)37-24/h7,9-10,14-15,27,31H,1,8,11-13,16H2,2-6H3,(H,30,32)/b24-15-. The number of aliphatic hydroxyl groups is 1. The van der Waals surface area contributed by atoms with E-state index >= 15 is 0 Å². The van der Waals surface area contributed by atoms with Crippen molar-refractivity contribution in [1.82, 2.24) is 5.32 Å². The molecule has 2 unspecified atom stereocenters. The quantitative estimate of drug-likeness (QED) is 0.397. The summed E-state index contributed by atoms with van der Waals surface area (Å²) in [6.45, 7) is 15.3. The van der Waals surface area contributed by atoms with Gasteiger partial charge in [0, 0.05) is 10.5 Å². The Morgan fingerprint density at radius 3 is 2.65 bits per heavy atom. The number of hydrogen-bond donors (Lipinski definition) is 2. The molecule has 0 spiro atoms. The van der Waals surface area contributed by atoms with Gasteiger partial charge < -0.3 is 29.4 Å². The van der Waals surface area contributed by atoms with Crippen molar-refractivity contribution >= 4 is 23.1 Å². The minimum atomic E-state index is -0.990. The average Bonchev–Trinajstić information content (AvgIpc) is 3.18. The van der Waals surface area contributed by atoms with Gasteiger partial charge in [-0.15, -0.1) is 0 Å². The topological polar surface area (TPSA) is 86.3 Å². The van der Waals surface area contributed by atoms with Crippen LogP contribution in [0.15, 0.2) is 35.8 Å². The molecule has 4 rings (SSSR count). The molecule has 2 N–H and O–H groups in total. The summed E-state index contributed by atoms with van der Waals surface area (Å²) >= 11 is 0.983. The lowest BCUT2D eigenvalue weighted by Crippen LogP contribution is -2.42. The van der Waals surface area contributed by atoms with Crippen LogP contribution in [0.25, 0.3) is 6.08 Å². The molecule has 2 aliphatic heterocycles. The lowest BCUT2D eigenvalue weighted by molar-refractivity contribution is 0.0157. The third-order valence-electron chi connectivity index (χ3n) is 6.75. The fourth-order valence-electron chi connectivity index (χ4n) is 4.62. The molecule has 0 saturated carbocycles. The van der Waals surface area contributed by atoms with Crippen molar-refractivity contribution in [3.8, 4) is 23.0 Å². The zero-order valence-electron chi connectivity index (χ0n) is 22.1. The molecule has 0 aromatic heterocycles. The fourth-order valence-corrected chi connectivity index (χ4v) is 5.37. The molecule has 0 bridgehead atoms. The number of amides is 1. The highest BCUT2D eigenvalue weighted by Crippen LogP contribution is 2.44. The molecule has 37 heavy (non-hydrogen) atoms. The van der Waals surface area contributed by atoms with Gasteiger partial charge in [0.15, 0.2) is 17.7 Å². The third kappa shape index (κ3) is 5.75. The number of rotatable bonds is 9. The largest absolute Gasteiger partial charge is 0.490 e. The molecule has 1 amide bonds. The van der Waals surface area contributed by atoms with Gasteiger partial charge in [0.2, 0.25) is 0 Å². The van der Waals surface area contributed by atoms with Crippen molar-refractivity contribution in [3.63, 3.8) is 0 Å². The van der Waals surface area contributed by atoms with Crippen molar-refractivity contribution in [3.05, 3.63) is 63.6 Å². The van der Waals surface area contributed by atoms with Gasteiger partial charge in [-0.3, -0.25) is 4.79 Å². The van der Waals surface area contributed by atoms with Crippen LogP contribution >= 0.6 is 11.8 Å². The van der Waals surface area contributed by atoms with E-state index in [2.05, 4.69) is 39.6 Å². The molecule has 198 valence electrons. The number of hydrogen-bond acceptors (Lipinski definition) is 7. The van der Waals surface area contributed by atoms with Crippen molar-refractivity contribution in [2.45, 2.75) is 59.3 Å². The molecule has 2 aliphatic rings. The molecule has 0 aliphatic carbocycles. The molecule has 2 aromatic rings. The second-order valence-corrected chi connectivity index (χ2v) is 10.6. The maximum Gasteiger partial charge on any atom is 0.285 e. The SMILES string of the molecule is C=CCOc1c(C)c(C)c2c(c1C)CCC(C)(COc1ccc(/C=C3\SC(=O)NC3O)cc1OCC)O2. The minimum absolute atomic E-state index is 0.271. The lowest BCUT2D eigenvalue weighted by atomic mass is 9.87. The first-order chi connectivity index (χ1) is 17.7. The van der Waals surface area contributed by atoms with E-state index in [1.54, 1.807) is 12.2 Å². The highest BCUT2D eigenvalue weighted by Gasteiger charge is 2.36. The van der Waals surface area contributed by atoms with Gasteiger partial charge in [-0.1, -0.05) is 18.7 Å². The van der Waals surface area contributed by atoms with Crippen LogP contribution in [0.5, 0.6) is 23.0 Å². The highest BCUT2D eigenvalue weighted by molar-refractivity contribution is 8.17. The number of ether oxygens (including phenoxy) is 4. The molecular formula is C29H35NO6S. The Labute approximate surface area is 222 Å². The van der Waals surface area contributed by atoms with Gasteiger partial charge in [-0.05, 0) is 99.7 Å². The maximum absolute atomic E-state index is 11.5. The van der Waals surface area contributed by atoms with Crippen LogP contribution < -0.4 is 24.3 Å². The maximum atomic E-state index is 11.5. The first-order valence-corrected chi connectivity index (χ1v) is 13.3. The molecule has 1 fully saturated rings. The number of carbonyl (C=O) groups excluding carboxylic acids is 1. The number of thioether (sulfide) groups is 1. The van der Waals surface area contributed by atoms with E-state index in [1.165, 1.54) is 5.56 Å².